The summed E-state index contributed by atoms with van der Waals surface area (Å²) < 4.78 is 0. The summed E-state index contributed by atoms with van der Waals surface area (Å²) in [7, 11) is 0. The van der Waals surface area contributed by atoms with Crippen LogP contribution in [0.1, 0.15) is 21.0 Å². The first-order valence-electron chi connectivity index (χ1n) is 4.91. The molecule has 0 aliphatic rings. The van der Waals surface area contributed by atoms with Gasteiger partial charge in [0.05, 0.1) is 10.7 Å². The zero-order valence-electron chi connectivity index (χ0n) is 8.98. The van der Waals surface area contributed by atoms with E-state index in [4.69, 9.17) is 16.7 Å². The lowest BCUT2D eigenvalue weighted by Gasteiger charge is -2.05. The van der Waals surface area contributed by atoms with Crippen LogP contribution in [0.5, 0.6) is 0 Å². The predicted molar refractivity (Wildman–Crippen MR) is 65.0 cm³/mol. The largest absolute Gasteiger partial charge is 0.476 e. The standard InChI is InChI=1S/C11H8ClN3O3/c12-6-4-8(14-5-6)10(16)15-7-2-1-3-13-9(7)11(17)18/h1-5,14H,(H,15,16)(H,17,18). The number of carbonyl (C=O) groups is 2. The van der Waals surface area contributed by atoms with E-state index in [1.54, 1.807) is 0 Å². The van der Waals surface area contributed by atoms with Crippen LogP contribution in [-0.4, -0.2) is 27.0 Å². The van der Waals surface area contributed by atoms with Crippen LogP contribution < -0.4 is 5.32 Å². The third-order valence-electron chi connectivity index (χ3n) is 2.15. The Morgan fingerprint density at radius 1 is 1.44 bits per heavy atom. The number of anilines is 1. The normalized spacial score (nSPS) is 10.1. The molecule has 1 amide bonds. The Bertz CT molecular complexity index is 609. The highest BCUT2D eigenvalue weighted by atomic mass is 35.5. The number of nitrogens with zero attached hydrogens (tertiary/aromatic N) is 1. The van der Waals surface area contributed by atoms with E-state index in [2.05, 4.69) is 15.3 Å². The van der Waals surface area contributed by atoms with Crippen molar-refractivity contribution in [2.24, 2.45) is 0 Å². The van der Waals surface area contributed by atoms with Crippen molar-refractivity contribution < 1.29 is 14.7 Å². The number of hydrogen-bond acceptors (Lipinski definition) is 3. The Hall–Kier alpha value is -2.34. The number of carbonyl (C=O) groups excluding carboxylic acids is 1. The molecule has 18 heavy (non-hydrogen) atoms. The summed E-state index contributed by atoms with van der Waals surface area (Å²) >= 11 is 5.67. The van der Waals surface area contributed by atoms with Crippen LogP contribution in [0, 0.1) is 0 Å². The quantitative estimate of drug-likeness (QED) is 0.791. The van der Waals surface area contributed by atoms with Crippen LogP contribution >= 0.6 is 11.6 Å². The van der Waals surface area contributed by atoms with Crippen LogP contribution in [0.15, 0.2) is 30.6 Å². The summed E-state index contributed by atoms with van der Waals surface area (Å²) in [5, 5.41) is 11.8. The first-order chi connectivity index (χ1) is 8.58. The first-order valence-corrected chi connectivity index (χ1v) is 5.29. The number of rotatable bonds is 3. The van der Waals surface area contributed by atoms with Crippen LogP contribution in [0.25, 0.3) is 0 Å². The van der Waals surface area contributed by atoms with Crippen molar-refractivity contribution in [3.05, 3.63) is 47.0 Å². The van der Waals surface area contributed by atoms with Crippen molar-refractivity contribution in [2.45, 2.75) is 0 Å². The van der Waals surface area contributed by atoms with Crippen molar-refractivity contribution in [2.75, 3.05) is 5.32 Å². The molecule has 92 valence electrons. The third kappa shape index (κ3) is 2.49. The fourth-order valence-corrected chi connectivity index (χ4v) is 1.53. The van der Waals surface area contributed by atoms with Gasteiger partial charge in [-0.1, -0.05) is 11.6 Å². The van der Waals surface area contributed by atoms with Crippen molar-refractivity contribution in [1.29, 1.82) is 0 Å². The van der Waals surface area contributed by atoms with Gasteiger partial charge >= 0.3 is 5.97 Å². The molecule has 0 unspecified atom stereocenters. The Morgan fingerprint density at radius 3 is 2.83 bits per heavy atom. The second kappa shape index (κ2) is 4.89. The van der Waals surface area contributed by atoms with Gasteiger partial charge in [-0.2, -0.15) is 0 Å². The minimum Gasteiger partial charge on any atom is -0.476 e. The van der Waals surface area contributed by atoms with Crippen LogP contribution in [0.3, 0.4) is 0 Å². The second-order valence-electron chi connectivity index (χ2n) is 3.39. The van der Waals surface area contributed by atoms with E-state index in [1.807, 2.05) is 0 Å². The molecule has 0 aliphatic carbocycles. The van der Waals surface area contributed by atoms with Gasteiger partial charge in [-0.3, -0.25) is 4.79 Å². The highest BCUT2D eigenvalue weighted by Crippen LogP contribution is 2.15. The number of aromatic nitrogens is 2. The zero-order chi connectivity index (χ0) is 13.1. The molecule has 2 aromatic heterocycles. The molecule has 0 saturated heterocycles. The van der Waals surface area contributed by atoms with Gasteiger partial charge in [0.25, 0.3) is 5.91 Å². The van der Waals surface area contributed by atoms with E-state index in [0.29, 0.717) is 5.02 Å². The number of carboxylic acid groups (broad SMARTS) is 1. The monoisotopic (exact) mass is 265 g/mol. The number of pyridine rings is 1. The summed E-state index contributed by atoms with van der Waals surface area (Å²) in [6.45, 7) is 0. The number of amides is 1. The minimum absolute atomic E-state index is 0.126. The van der Waals surface area contributed by atoms with Gasteiger partial charge in [-0.15, -0.1) is 0 Å². The maximum absolute atomic E-state index is 11.8. The Labute approximate surface area is 107 Å². The number of halogens is 1. The van der Waals surface area contributed by atoms with Crippen LogP contribution in [0.4, 0.5) is 5.69 Å². The molecule has 3 N–H and O–H groups in total. The van der Waals surface area contributed by atoms with Crippen molar-refractivity contribution in [1.82, 2.24) is 9.97 Å². The van der Waals surface area contributed by atoms with E-state index in [1.165, 1.54) is 30.6 Å². The van der Waals surface area contributed by atoms with Gasteiger partial charge in [0.15, 0.2) is 5.69 Å². The molecule has 0 aromatic carbocycles. The first kappa shape index (κ1) is 12.1. The minimum atomic E-state index is -1.21. The number of H-pyrrole nitrogens is 1. The van der Waals surface area contributed by atoms with Gasteiger partial charge in [0.2, 0.25) is 0 Å². The van der Waals surface area contributed by atoms with E-state index >= 15 is 0 Å². The van der Waals surface area contributed by atoms with Gasteiger partial charge in [-0.25, -0.2) is 9.78 Å². The van der Waals surface area contributed by atoms with Crippen LogP contribution in [-0.2, 0) is 0 Å². The lowest BCUT2D eigenvalue weighted by molar-refractivity contribution is 0.0692. The van der Waals surface area contributed by atoms with Gasteiger partial charge in [-0.05, 0) is 18.2 Å². The van der Waals surface area contributed by atoms with E-state index < -0.39 is 11.9 Å². The highest BCUT2D eigenvalue weighted by molar-refractivity contribution is 6.31. The molecule has 0 radical (unpaired) electrons. The number of nitrogens with one attached hydrogen (secondary N) is 2. The number of aromatic amines is 1. The molecule has 0 aliphatic heterocycles. The summed E-state index contributed by atoms with van der Waals surface area (Å²) in [5.74, 6) is -1.70. The fraction of sp³-hybridized carbons (Fsp3) is 0. The van der Waals surface area contributed by atoms with E-state index in [-0.39, 0.29) is 17.1 Å². The topological polar surface area (TPSA) is 95.1 Å². The van der Waals surface area contributed by atoms with E-state index in [0.717, 1.165) is 0 Å². The molecular weight excluding hydrogens is 258 g/mol. The molecule has 0 saturated carbocycles. The van der Waals surface area contributed by atoms with Gasteiger partial charge in [0.1, 0.15) is 5.69 Å². The molecule has 0 spiro atoms. The summed E-state index contributed by atoms with van der Waals surface area (Å²) in [6.07, 6.45) is 2.79. The molecule has 0 atom stereocenters. The smallest absolute Gasteiger partial charge is 0.356 e. The summed E-state index contributed by atoms with van der Waals surface area (Å²) in [4.78, 5) is 29.0. The molecule has 2 aromatic rings. The van der Waals surface area contributed by atoms with Crippen molar-refractivity contribution in [3.8, 4) is 0 Å². The molecule has 0 fully saturated rings. The van der Waals surface area contributed by atoms with Gasteiger partial charge < -0.3 is 15.4 Å². The fourth-order valence-electron chi connectivity index (χ4n) is 1.37. The molecule has 7 heteroatoms. The van der Waals surface area contributed by atoms with E-state index in [9.17, 15) is 9.59 Å². The maximum atomic E-state index is 11.8. The molecule has 0 bridgehead atoms. The predicted octanol–water partition coefficient (Wildman–Crippen LogP) is 2.01. The number of aromatic carboxylic acids is 1. The number of hydrogen-bond donors (Lipinski definition) is 3. The highest BCUT2D eigenvalue weighted by Gasteiger charge is 2.15. The van der Waals surface area contributed by atoms with Crippen LogP contribution in [0.2, 0.25) is 5.02 Å². The lowest BCUT2D eigenvalue weighted by Crippen LogP contribution is -2.15. The molecule has 2 heterocycles. The average Bonchev–Trinajstić information content (AvgIpc) is 2.76. The van der Waals surface area contributed by atoms with Crippen molar-refractivity contribution in [3.63, 3.8) is 0 Å². The summed E-state index contributed by atoms with van der Waals surface area (Å²) in [5.41, 5.74) is 0.143. The SMILES string of the molecule is O=C(Nc1cccnc1C(=O)O)c1cc(Cl)c[nH]1. The number of carboxylic acids is 1. The van der Waals surface area contributed by atoms with Gasteiger partial charge in [0, 0.05) is 12.4 Å². The average molecular weight is 266 g/mol. The Morgan fingerprint density at radius 2 is 2.22 bits per heavy atom. The Balaban J connectivity index is 2.24. The Kier molecular flexibility index (Phi) is 3.29. The third-order valence-corrected chi connectivity index (χ3v) is 2.37. The molecule has 6 nitrogen and oxygen atoms in total. The summed E-state index contributed by atoms with van der Waals surface area (Å²) in [6, 6.07) is 4.43. The van der Waals surface area contributed by atoms with Crippen molar-refractivity contribution >= 4 is 29.2 Å². The second-order valence-corrected chi connectivity index (χ2v) is 3.83. The molecular formula is C11H8ClN3O3. The zero-order valence-corrected chi connectivity index (χ0v) is 9.73. The molecule has 2 rings (SSSR count). The maximum Gasteiger partial charge on any atom is 0.356 e. The lowest BCUT2D eigenvalue weighted by atomic mass is 10.3.